The first-order chi connectivity index (χ1) is 8.54. The zero-order valence-electron chi connectivity index (χ0n) is 12.0. The molecule has 0 amide bonds. The third-order valence-electron chi connectivity index (χ3n) is 3.54. The van der Waals surface area contributed by atoms with Crippen molar-refractivity contribution in [1.82, 2.24) is 0 Å². The molecule has 0 spiro atoms. The predicted molar refractivity (Wildman–Crippen MR) is 77.1 cm³/mol. The van der Waals surface area contributed by atoms with Gasteiger partial charge >= 0.3 is 0 Å². The second-order valence-electron chi connectivity index (χ2n) is 6.72. The Morgan fingerprint density at radius 1 is 1.06 bits per heavy atom. The summed E-state index contributed by atoms with van der Waals surface area (Å²) in [5.41, 5.74) is 1.67. The molecule has 0 heterocycles. The quantitative estimate of drug-likeness (QED) is 0.730. The topological polar surface area (TPSA) is 9.23 Å². The van der Waals surface area contributed by atoms with Gasteiger partial charge in [0.15, 0.2) is 0 Å². The number of hydrogen-bond donors (Lipinski definition) is 0. The summed E-state index contributed by atoms with van der Waals surface area (Å²) in [6, 6.07) is 8.55. The average Bonchev–Trinajstić information content (AvgIpc) is 2.31. The van der Waals surface area contributed by atoms with E-state index in [-0.39, 0.29) is 0 Å². The van der Waals surface area contributed by atoms with Crippen LogP contribution in [0.1, 0.15) is 58.4 Å². The maximum Gasteiger partial charge on any atom is 0.122 e. The summed E-state index contributed by atoms with van der Waals surface area (Å²) in [4.78, 5) is 0. The van der Waals surface area contributed by atoms with Crippen molar-refractivity contribution in [2.24, 2.45) is 5.41 Å². The third-order valence-corrected chi connectivity index (χ3v) is 3.54. The summed E-state index contributed by atoms with van der Waals surface area (Å²) < 4.78 is 6.23. The van der Waals surface area contributed by atoms with Gasteiger partial charge in [0.25, 0.3) is 0 Å². The van der Waals surface area contributed by atoms with E-state index >= 15 is 0 Å². The fourth-order valence-electron chi connectivity index (χ4n) is 2.70. The smallest absolute Gasteiger partial charge is 0.122 e. The molecule has 0 aliphatic heterocycles. The lowest BCUT2D eigenvalue weighted by atomic mass is 9.88. The highest BCUT2D eigenvalue weighted by molar-refractivity contribution is 5.34. The molecule has 1 aliphatic rings. The van der Waals surface area contributed by atoms with E-state index in [1.165, 1.54) is 37.7 Å². The molecule has 1 nitrogen and oxygen atoms in total. The van der Waals surface area contributed by atoms with Gasteiger partial charge in [0, 0.05) is 0 Å². The van der Waals surface area contributed by atoms with Gasteiger partial charge in [-0.05, 0) is 49.1 Å². The van der Waals surface area contributed by atoms with Crippen LogP contribution in [0.25, 0.3) is 0 Å². The Kier molecular flexibility index (Phi) is 4.31. The van der Waals surface area contributed by atoms with Crippen molar-refractivity contribution in [1.29, 1.82) is 0 Å². The van der Waals surface area contributed by atoms with Crippen molar-refractivity contribution in [2.75, 3.05) is 0 Å². The standard InChI is InChI=1S/C17H26O/c1-17(2,3)13-14-9-7-8-12-16(14)18-15-10-5-4-6-11-15/h7-9,12,15H,4-6,10-11,13H2,1-3H3. The van der Waals surface area contributed by atoms with Crippen LogP contribution in [0.15, 0.2) is 24.3 Å². The highest BCUT2D eigenvalue weighted by Crippen LogP contribution is 2.30. The zero-order valence-corrected chi connectivity index (χ0v) is 12.0. The van der Waals surface area contributed by atoms with Crippen LogP contribution in [0, 0.1) is 5.41 Å². The molecule has 1 heteroatoms. The van der Waals surface area contributed by atoms with Crippen LogP contribution in [0.2, 0.25) is 0 Å². The summed E-state index contributed by atoms with van der Waals surface area (Å²) in [6.07, 6.45) is 8.01. The number of rotatable bonds is 3. The van der Waals surface area contributed by atoms with E-state index < -0.39 is 0 Å². The maximum absolute atomic E-state index is 6.23. The lowest BCUT2D eigenvalue weighted by molar-refractivity contribution is 0.152. The molecule has 0 radical (unpaired) electrons. The molecule has 0 saturated heterocycles. The number of para-hydroxylation sites is 1. The van der Waals surface area contributed by atoms with Gasteiger partial charge in [0.2, 0.25) is 0 Å². The van der Waals surface area contributed by atoms with Gasteiger partial charge in [-0.2, -0.15) is 0 Å². The molecule has 100 valence electrons. The molecule has 2 rings (SSSR count). The first-order valence-electron chi connectivity index (χ1n) is 7.29. The van der Waals surface area contributed by atoms with Crippen LogP contribution in [0.5, 0.6) is 5.75 Å². The Morgan fingerprint density at radius 2 is 1.72 bits per heavy atom. The molecular weight excluding hydrogens is 220 g/mol. The van der Waals surface area contributed by atoms with Gasteiger partial charge in [-0.3, -0.25) is 0 Å². The molecule has 1 saturated carbocycles. The second-order valence-corrected chi connectivity index (χ2v) is 6.72. The largest absolute Gasteiger partial charge is 0.490 e. The van der Waals surface area contributed by atoms with Crippen molar-refractivity contribution < 1.29 is 4.74 Å². The van der Waals surface area contributed by atoms with Gasteiger partial charge in [-0.25, -0.2) is 0 Å². The summed E-state index contributed by atoms with van der Waals surface area (Å²) in [5, 5.41) is 0. The first kappa shape index (κ1) is 13.5. The molecule has 0 N–H and O–H groups in total. The average molecular weight is 246 g/mol. The van der Waals surface area contributed by atoms with Crippen LogP contribution in [0.4, 0.5) is 0 Å². The van der Waals surface area contributed by atoms with Crippen LogP contribution in [-0.2, 0) is 6.42 Å². The van der Waals surface area contributed by atoms with Crippen LogP contribution >= 0.6 is 0 Å². The monoisotopic (exact) mass is 246 g/mol. The minimum absolute atomic E-state index is 0.312. The first-order valence-corrected chi connectivity index (χ1v) is 7.29. The van der Waals surface area contributed by atoms with Crippen molar-refractivity contribution in [3.63, 3.8) is 0 Å². The predicted octanol–water partition coefficient (Wildman–Crippen LogP) is 4.99. The Bertz CT molecular complexity index is 369. The molecule has 1 aliphatic carbocycles. The molecule has 0 unspecified atom stereocenters. The van der Waals surface area contributed by atoms with Gasteiger partial charge < -0.3 is 4.74 Å². The normalized spacial score (nSPS) is 17.7. The molecular formula is C17H26O. The zero-order chi connectivity index (χ0) is 13.0. The Balaban J connectivity index is 2.06. The number of benzene rings is 1. The number of ether oxygens (including phenoxy) is 1. The van der Waals surface area contributed by atoms with Gasteiger partial charge in [0.1, 0.15) is 5.75 Å². The van der Waals surface area contributed by atoms with Crippen molar-refractivity contribution in [2.45, 2.75) is 65.4 Å². The summed E-state index contributed by atoms with van der Waals surface area (Å²) in [5.74, 6) is 1.11. The van der Waals surface area contributed by atoms with E-state index in [1.54, 1.807) is 0 Å². The fourth-order valence-corrected chi connectivity index (χ4v) is 2.70. The van der Waals surface area contributed by atoms with Gasteiger partial charge in [0.05, 0.1) is 6.10 Å². The third kappa shape index (κ3) is 4.04. The molecule has 18 heavy (non-hydrogen) atoms. The van der Waals surface area contributed by atoms with Gasteiger partial charge in [-0.15, -0.1) is 0 Å². The number of hydrogen-bond acceptors (Lipinski definition) is 1. The summed E-state index contributed by atoms with van der Waals surface area (Å²) in [7, 11) is 0. The minimum atomic E-state index is 0.312. The van der Waals surface area contributed by atoms with Crippen molar-refractivity contribution in [3.05, 3.63) is 29.8 Å². The Hall–Kier alpha value is -0.980. The Morgan fingerprint density at radius 3 is 2.39 bits per heavy atom. The van der Waals surface area contributed by atoms with Crippen molar-refractivity contribution in [3.8, 4) is 5.75 Å². The molecule has 1 fully saturated rings. The fraction of sp³-hybridized carbons (Fsp3) is 0.647. The molecule has 1 aromatic rings. The SMILES string of the molecule is CC(C)(C)Cc1ccccc1OC1CCCCC1. The van der Waals surface area contributed by atoms with E-state index in [2.05, 4.69) is 45.0 Å². The highest BCUT2D eigenvalue weighted by Gasteiger charge is 2.18. The summed E-state index contributed by atoms with van der Waals surface area (Å²) >= 11 is 0. The maximum atomic E-state index is 6.23. The van der Waals surface area contributed by atoms with Crippen molar-refractivity contribution >= 4 is 0 Å². The van der Waals surface area contributed by atoms with Crippen LogP contribution in [0.3, 0.4) is 0 Å². The minimum Gasteiger partial charge on any atom is -0.490 e. The molecule has 0 atom stereocenters. The highest BCUT2D eigenvalue weighted by atomic mass is 16.5. The van der Waals surface area contributed by atoms with E-state index in [0.717, 1.165) is 12.2 Å². The van der Waals surface area contributed by atoms with Gasteiger partial charge in [-0.1, -0.05) is 45.4 Å². The van der Waals surface area contributed by atoms with E-state index in [0.29, 0.717) is 11.5 Å². The van der Waals surface area contributed by atoms with E-state index in [4.69, 9.17) is 4.74 Å². The lowest BCUT2D eigenvalue weighted by Gasteiger charge is -2.26. The molecule has 1 aromatic carbocycles. The molecule has 0 bridgehead atoms. The summed E-state index contributed by atoms with van der Waals surface area (Å²) in [6.45, 7) is 6.85. The second kappa shape index (κ2) is 5.77. The van der Waals surface area contributed by atoms with E-state index in [1.807, 2.05) is 0 Å². The van der Waals surface area contributed by atoms with Crippen LogP contribution < -0.4 is 4.74 Å². The van der Waals surface area contributed by atoms with Crippen LogP contribution in [-0.4, -0.2) is 6.10 Å². The lowest BCUT2D eigenvalue weighted by Crippen LogP contribution is -2.21. The Labute approximate surface area is 112 Å². The van der Waals surface area contributed by atoms with E-state index in [9.17, 15) is 0 Å². The molecule has 0 aromatic heterocycles.